The average Bonchev–Trinajstić information content (AvgIpc) is 2.79. The monoisotopic (exact) mass is 553 g/mol. The van der Waals surface area contributed by atoms with Gasteiger partial charge < -0.3 is 31.1 Å². The van der Waals surface area contributed by atoms with Gasteiger partial charge in [0, 0.05) is 31.3 Å². The van der Waals surface area contributed by atoms with Crippen molar-refractivity contribution in [2.75, 3.05) is 33.1 Å². The second-order valence-electron chi connectivity index (χ2n) is 12.0. The van der Waals surface area contributed by atoms with Crippen molar-refractivity contribution < 1.29 is 34.8 Å². The van der Waals surface area contributed by atoms with Gasteiger partial charge in [0.15, 0.2) is 11.4 Å². The molecule has 4 rings (SSSR count). The maximum Gasteiger partial charge on any atom is 0.255 e. The number of ketones is 2. The first-order valence-electron chi connectivity index (χ1n) is 12.7. The van der Waals surface area contributed by atoms with Gasteiger partial charge in [0.25, 0.3) is 5.91 Å². The standard InChI is InChI=1S/C28H35N3O7Si/c1-30(2)17-12-13(8-9-39(5,6)7)22(32)19-15(17)10-14-11-16-21(31(3)4)24(34)20(27(29)37)26(36)28(16,38)25(35)18(14)23(19)33/h12,14,16,21,32-33,36,38H,10-11H2,1-7H3,(H2,29,37)/t14-,16-,21-,28-/m0/s1. The number of Topliss-reactive ketones (excluding diaryl/α,β-unsaturated/α-hetero) is 2. The number of nitrogens with zero attached hydrogens (tertiary/aromatic N) is 2. The number of hydrogen-bond acceptors (Lipinski definition) is 9. The lowest BCUT2D eigenvalue weighted by Crippen LogP contribution is -2.65. The van der Waals surface area contributed by atoms with Gasteiger partial charge in [-0.3, -0.25) is 19.3 Å². The predicted molar refractivity (Wildman–Crippen MR) is 149 cm³/mol. The van der Waals surface area contributed by atoms with Crippen molar-refractivity contribution in [1.29, 1.82) is 0 Å². The van der Waals surface area contributed by atoms with E-state index >= 15 is 0 Å². The third-order valence-electron chi connectivity index (χ3n) is 7.75. The summed E-state index contributed by atoms with van der Waals surface area (Å²) in [5.74, 6) is -3.72. The van der Waals surface area contributed by atoms with Crippen LogP contribution in [0.1, 0.15) is 23.1 Å². The van der Waals surface area contributed by atoms with E-state index in [1.165, 1.54) is 4.90 Å². The van der Waals surface area contributed by atoms with Crippen molar-refractivity contribution in [1.82, 2.24) is 4.90 Å². The second-order valence-corrected chi connectivity index (χ2v) is 16.8. The predicted octanol–water partition coefficient (Wildman–Crippen LogP) is 1.26. The number of nitrogens with two attached hydrogens (primary N) is 1. The summed E-state index contributed by atoms with van der Waals surface area (Å²) in [6.45, 7) is 6.17. The molecule has 1 aromatic carbocycles. The van der Waals surface area contributed by atoms with Gasteiger partial charge in [0.2, 0.25) is 5.78 Å². The Morgan fingerprint density at radius 1 is 1.13 bits per heavy atom. The van der Waals surface area contributed by atoms with Gasteiger partial charge in [0.05, 0.1) is 17.2 Å². The molecule has 3 aliphatic rings. The van der Waals surface area contributed by atoms with E-state index in [0.717, 1.165) is 0 Å². The molecule has 1 aromatic rings. The number of rotatable bonds is 3. The normalized spacial score (nSPS) is 26.5. The van der Waals surface area contributed by atoms with Gasteiger partial charge in [0.1, 0.15) is 30.9 Å². The van der Waals surface area contributed by atoms with Crippen molar-refractivity contribution in [2.45, 2.75) is 44.1 Å². The molecule has 11 heteroatoms. The highest BCUT2D eigenvalue weighted by Crippen LogP contribution is 2.54. The van der Waals surface area contributed by atoms with Crippen LogP contribution in [0.25, 0.3) is 5.76 Å². The van der Waals surface area contributed by atoms with Crippen molar-refractivity contribution in [2.24, 2.45) is 17.6 Å². The van der Waals surface area contributed by atoms with E-state index in [9.17, 15) is 34.8 Å². The maximum absolute atomic E-state index is 14.0. The Morgan fingerprint density at radius 2 is 1.74 bits per heavy atom. The number of amides is 1. The van der Waals surface area contributed by atoms with Crippen molar-refractivity contribution in [3.63, 3.8) is 0 Å². The van der Waals surface area contributed by atoms with E-state index in [4.69, 9.17) is 5.73 Å². The third-order valence-corrected chi connectivity index (χ3v) is 8.63. The Bertz CT molecular complexity index is 1440. The lowest BCUT2D eigenvalue weighted by Gasteiger charge is -2.50. The second kappa shape index (κ2) is 9.26. The number of carbonyl (C=O) groups is 3. The van der Waals surface area contributed by atoms with Crippen LogP contribution in [0.4, 0.5) is 5.69 Å². The fourth-order valence-corrected chi connectivity index (χ4v) is 6.55. The smallest absolute Gasteiger partial charge is 0.255 e. The number of primary amides is 1. The molecule has 0 aliphatic heterocycles. The molecule has 6 N–H and O–H groups in total. The SMILES string of the molecule is CN(C)c1cc(C#C[Si](C)(C)C)c(O)c2c1C[C@H]1C[C@H]3[C@H](N(C)C)C(=O)C(C(N)=O)=C(O)[C@@]3(O)C(=O)C1=C2O. The van der Waals surface area contributed by atoms with E-state index in [2.05, 4.69) is 31.1 Å². The molecule has 0 heterocycles. The number of fused-ring (bicyclic) bond motifs is 3. The highest BCUT2D eigenvalue weighted by atomic mass is 28.3. The topological polar surface area (TPSA) is 165 Å². The van der Waals surface area contributed by atoms with Crippen molar-refractivity contribution >= 4 is 37.0 Å². The summed E-state index contributed by atoms with van der Waals surface area (Å²) in [7, 11) is 4.95. The van der Waals surface area contributed by atoms with Crippen LogP contribution in [-0.2, 0) is 20.8 Å². The molecule has 0 aromatic heterocycles. The highest BCUT2D eigenvalue weighted by Gasteiger charge is 2.64. The number of hydrogen-bond donors (Lipinski definition) is 5. The van der Waals surface area contributed by atoms with Crippen LogP contribution in [0.15, 0.2) is 23.0 Å². The lowest BCUT2D eigenvalue weighted by atomic mass is 9.57. The molecule has 0 unspecified atom stereocenters. The zero-order chi connectivity index (χ0) is 29.4. The van der Waals surface area contributed by atoms with Gasteiger partial charge in [-0.15, -0.1) is 5.54 Å². The molecule has 10 nitrogen and oxygen atoms in total. The maximum atomic E-state index is 14.0. The summed E-state index contributed by atoms with van der Waals surface area (Å²) >= 11 is 0. The number of aliphatic hydroxyl groups is 3. The summed E-state index contributed by atoms with van der Waals surface area (Å²) < 4.78 is 0. The largest absolute Gasteiger partial charge is 0.508 e. The van der Waals surface area contributed by atoms with Gasteiger partial charge in [-0.05, 0) is 44.5 Å². The molecule has 0 spiro atoms. The number of likely N-dealkylation sites (N-methyl/N-ethyl adjacent to an activating group) is 1. The minimum Gasteiger partial charge on any atom is -0.508 e. The minimum atomic E-state index is -2.67. The molecule has 4 atom stereocenters. The quantitative estimate of drug-likeness (QED) is 0.210. The zero-order valence-corrected chi connectivity index (χ0v) is 24.2. The van der Waals surface area contributed by atoms with Gasteiger partial charge in [-0.25, -0.2) is 0 Å². The Hall–Kier alpha value is -3.59. The summed E-state index contributed by atoms with van der Waals surface area (Å²) in [5, 5.41) is 45.5. The van der Waals surface area contributed by atoms with Crippen LogP contribution in [0, 0.1) is 23.3 Å². The van der Waals surface area contributed by atoms with Crippen LogP contribution in [0.5, 0.6) is 5.75 Å². The average molecular weight is 554 g/mol. The highest BCUT2D eigenvalue weighted by molar-refractivity contribution is 6.83. The summed E-state index contributed by atoms with van der Waals surface area (Å²) in [6.07, 6.45) is 0.258. The molecule has 39 heavy (non-hydrogen) atoms. The number of aromatic hydroxyl groups is 1. The molecule has 1 saturated carbocycles. The van der Waals surface area contributed by atoms with Crippen LogP contribution < -0.4 is 10.6 Å². The zero-order valence-electron chi connectivity index (χ0n) is 23.2. The first kappa shape index (κ1) is 28.4. The van der Waals surface area contributed by atoms with Crippen LogP contribution in [0.3, 0.4) is 0 Å². The Kier molecular flexibility index (Phi) is 6.74. The van der Waals surface area contributed by atoms with Crippen molar-refractivity contribution in [3.8, 4) is 17.2 Å². The van der Waals surface area contributed by atoms with Crippen LogP contribution >= 0.6 is 0 Å². The minimum absolute atomic E-state index is 0.0383. The Morgan fingerprint density at radius 3 is 2.26 bits per heavy atom. The number of anilines is 1. The van der Waals surface area contributed by atoms with Crippen molar-refractivity contribution in [3.05, 3.63) is 39.7 Å². The first-order valence-corrected chi connectivity index (χ1v) is 16.2. The molecule has 0 bridgehead atoms. The lowest BCUT2D eigenvalue weighted by molar-refractivity contribution is -0.153. The Balaban J connectivity index is 2.01. The van der Waals surface area contributed by atoms with Gasteiger partial charge >= 0.3 is 0 Å². The number of carbonyl (C=O) groups excluding carboxylic acids is 3. The first-order chi connectivity index (χ1) is 17.9. The molecule has 0 saturated heterocycles. The van der Waals surface area contributed by atoms with Gasteiger partial charge in [-0.2, -0.15) is 0 Å². The Labute approximate surface area is 228 Å². The number of phenolic OH excluding ortho intramolecular Hbond substituents is 1. The molecule has 0 radical (unpaired) electrons. The van der Waals surface area contributed by atoms with Crippen LogP contribution in [-0.4, -0.2) is 90.7 Å². The van der Waals surface area contributed by atoms with E-state index in [0.29, 0.717) is 16.8 Å². The molecule has 1 fully saturated rings. The van der Waals surface area contributed by atoms with E-state index < -0.39 is 66.1 Å². The fourth-order valence-electron chi connectivity index (χ4n) is 6.04. The number of aliphatic hydroxyl groups excluding tert-OH is 2. The summed E-state index contributed by atoms with van der Waals surface area (Å²) in [6, 6.07) is 0.629. The van der Waals surface area contributed by atoms with Gasteiger partial charge in [-0.1, -0.05) is 25.6 Å². The molecular weight excluding hydrogens is 518 g/mol. The summed E-state index contributed by atoms with van der Waals surface area (Å²) in [5.41, 5.74) is 6.52. The molecular formula is C28H35N3O7Si. The fraction of sp³-hybridized carbons (Fsp3) is 0.464. The van der Waals surface area contributed by atoms with E-state index in [-0.39, 0.29) is 29.7 Å². The number of phenols is 1. The third kappa shape index (κ3) is 4.23. The van der Waals surface area contributed by atoms with Crippen LogP contribution in [0.2, 0.25) is 19.6 Å². The number of benzene rings is 1. The van der Waals surface area contributed by atoms with E-state index in [1.807, 2.05) is 19.0 Å². The summed E-state index contributed by atoms with van der Waals surface area (Å²) in [4.78, 5) is 42.6. The van der Waals surface area contributed by atoms with E-state index in [1.54, 1.807) is 20.2 Å². The molecule has 3 aliphatic carbocycles. The molecule has 208 valence electrons. The molecule has 1 amide bonds.